The van der Waals surface area contributed by atoms with E-state index in [2.05, 4.69) is 14.6 Å². The maximum atomic E-state index is 13.6. The normalized spacial score (nSPS) is 18.6. The van der Waals surface area contributed by atoms with E-state index in [4.69, 9.17) is 4.74 Å². The fourth-order valence-electron chi connectivity index (χ4n) is 4.50. The molecule has 0 fully saturated rings. The highest BCUT2D eigenvalue weighted by atomic mass is 32.2. The molecule has 0 saturated carbocycles. The van der Waals surface area contributed by atoms with Crippen LogP contribution in [0.3, 0.4) is 0 Å². The molecule has 1 aliphatic heterocycles. The van der Waals surface area contributed by atoms with E-state index in [1.807, 2.05) is 26.1 Å². The third kappa shape index (κ3) is 6.92. The van der Waals surface area contributed by atoms with Crippen LogP contribution in [-0.2, 0) is 16.6 Å². The maximum absolute atomic E-state index is 13.6. The highest BCUT2D eigenvalue weighted by Crippen LogP contribution is 2.31. The Morgan fingerprint density at radius 2 is 1.87 bits per heavy atom. The standard InChI is InChI=1S/C28H33FN4O5S/c1-19-15-33(20(2)18-34)28(35)25-14-23(31-39(36,37)24-7-4-22(29)5-8-24)6-9-26(25)38-27(19)17-32(3)16-21-10-12-30-13-11-21/h4-14,19-20,27,31,34H,15-18H2,1-3H3/t19-,20+,27-/m0/s1. The predicted molar refractivity (Wildman–Crippen MR) is 145 cm³/mol. The number of anilines is 1. The van der Waals surface area contributed by atoms with Crippen LogP contribution < -0.4 is 9.46 Å². The zero-order valence-electron chi connectivity index (χ0n) is 22.1. The molecule has 2 heterocycles. The van der Waals surface area contributed by atoms with Crippen molar-refractivity contribution in [3.8, 4) is 5.75 Å². The Hall–Kier alpha value is -3.54. The first kappa shape index (κ1) is 28.5. The lowest BCUT2D eigenvalue weighted by atomic mass is 9.99. The van der Waals surface area contributed by atoms with Gasteiger partial charge in [-0.3, -0.25) is 19.4 Å². The van der Waals surface area contributed by atoms with Crippen LogP contribution in [0.25, 0.3) is 0 Å². The number of hydrogen-bond donors (Lipinski definition) is 2. The average molecular weight is 557 g/mol. The lowest BCUT2D eigenvalue weighted by Gasteiger charge is -2.38. The van der Waals surface area contributed by atoms with Crippen molar-refractivity contribution in [3.63, 3.8) is 0 Å². The van der Waals surface area contributed by atoms with Gasteiger partial charge in [0.15, 0.2) is 0 Å². The molecule has 3 atom stereocenters. The molecule has 11 heteroatoms. The molecule has 1 aliphatic rings. The molecule has 0 unspecified atom stereocenters. The van der Waals surface area contributed by atoms with Crippen LogP contribution in [0.5, 0.6) is 5.75 Å². The fraction of sp³-hybridized carbons (Fsp3) is 0.357. The summed E-state index contributed by atoms with van der Waals surface area (Å²) in [6, 6.07) is 12.4. The second-order valence-corrected chi connectivity index (χ2v) is 11.6. The summed E-state index contributed by atoms with van der Waals surface area (Å²) in [5.74, 6) is -0.655. The lowest BCUT2D eigenvalue weighted by Crippen LogP contribution is -2.49. The molecule has 39 heavy (non-hydrogen) atoms. The molecule has 3 aromatic rings. The van der Waals surface area contributed by atoms with Gasteiger partial charge >= 0.3 is 0 Å². The van der Waals surface area contributed by atoms with Crippen molar-refractivity contribution < 1.29 is 27.4 Å². The number of aliphatic hydroxyl groups excluding tert-OH is 1. The van der Waals surface area contributed by atoms with Crippen LogP contribution in [0.4, 0.5) is 10.1 Å². The van der Waals surface area contributed by atoms with Crippen molar-refractivity contribution >= 4 is 21.6 Å². The summed E-state index contributed by atoms with van der Waals surface area (Å²) >= 11 is 0. The highest BCUT2D eigenvalue weighted by molar-refractivity contribution is 7.92. The van der Waals surface area contributed by atoms with Crippen molar-refractivity contribution in [1.82, 2.24) is 14.8 Å². The van der Waals surface area contributed by atoms with E-state index in [1.165, 1.54) is 24.3 Å². The number of fused-ring (bicyclic) bond motifs is 1. The molecule has 1 amide bonds. The van der Waals surface area contributed by atoms with Crippen molar-refractivity contribution in [2.45, 2.75) is 37.4 Å². The molecule has 2 N–H and O–H groups in total. The molecule has 0 saturated heterocycles. The van der Waals surface area contributed by atoms with E-state index in [0.717, 1.165) is 17.7 Å². The molecule has 0 bridgehead atoms. The third-order valence-corrected chi connectivity index (χ3v) is 8.13. The minimum Gasteiger partial charge on any atom is -0.488 e. The smallest absolute Gasteiger partial charge is 0.261 e. The van der Waals surface area contributed by atoms with Crippen molar-refractivity contribution in [3.05, 3.63) is 83.9 Å². The van der Waals surface area contributed by atoms with Gasteiger partial charge in [0.25, 0.3) is 15.9 Å². The minimum absolute atomic E-state index is 0.0624. The number of aromatic nitrogens is 1. The SMILES string of the molecule is C[C@H](CO)N1C[C@H](C)[C@H](CN(C)Cc2ccncc2)Oc2ccc(NS(=O)(=O)c3ccc(F)cc3)cc2C1=O. The van der Waals surface area contributed by atoms with Gasteiger partial charge in [-0.2, -0.15) is 0 Å². The van der Waals surface area contributed by atoms with Gasteiger partial charge < -0.3 is 14.7 Å². The molecule has 208 valence electrons. The topological polar surface area (TPSA) is 112 Å². The number of sulfonamides is 1. The molecule has 2 aromatic carbocycles. The number of nitrogens with one attached hydrogen (secondary N) is 1. The zero-order valence-corrected chi connectivity index (χ0v) is 22.9. The Morgan fingerprint density at radius 1 is 1.18 bits per heavy atom. The molecule has 1 aromatic heterocycles. The van der Waals surface area contributed by atoms with E-state index in [-0.39, 0.29) is 40.7 Å². The summed E-state index contributed by atoms with van der Waals surface area (Å²) in [4.78, 5) is 21.3. The first-order chi connectivity index (χ1) is 18.6. The number of amides is 1. The summed E-state index contributed by atoms with van der Waals surface area (Å²) in [5, 5.41) is 9.87. The van der Waals surface area contributed by atoms with E-state index < -0.39 is 21.9 Å². The molecule has 0 spiro atoms. The number of rotatable bonds is 9. The second-order valence-electron chi connectivity index (χ2n) is 9.95. The maximum Gasteiger partial charge on any atom is 0.261 e. The van der Waals surface area contributed by atoms with Crippen LogP contribution in [0.15, 0.2) is 71.9 Å². The van der Waals surface area contributed by atoms with Crippen LogP contribution in [0.1, 0.15) is 29.8 Å². The summed E-state index contributed by atoms with van der Waals surface area (Å²) < 4.78 is 47.9. The van der Waals surface area contributed by atoms with Crippen LogP contribution >= 0.6 is 0 Å². The minimum atomic E-state index is -4.02. The molecule has 0 radical (unpaired) electrons. The quantitative estimate of drug-likeness (QED) is 0.416. The Morgan fingerprint density at radius 3 is 2.54 bits per heavy atom. The first-order valence-electron chi connectivity index (χ1n) is 12.7. The van der Waals surface area contributed by atoms with Crippen molar-refractivity contribution in [2.75, 3.05) is 31.5 Å². The molecule has 9 nitrogen and oxygen atoms in total. The molecular formula is C28H33FN4O5S. The summed E-state index contributed by atoms with van der Waals surface area (Å²) in [5.41, 5.74) is 1.45. The number of carbonyl (C=O) groups is 1. The summed E-state index contributed by atoms with van der Waals surface area (Å²) in [6.45, 7) is 5.14. The Balaban J connectivity index is 1.63. The number of nitrogens with zero attached hydrogens (tertiary/aromatic N) is 3. The van der Waals surface area contributed by atoms with Gasteiger partial charge in [-0.15, -0.1) is 0 Å². The van der Waals surface area contributed by atoms with Gasteiger partial charge in [0.05, 0.1) is 23.1 Å². The van der Waals surface area contributed by atoms with Crippen LogP contribution in [0, 0.1) is 11.7 Å². The van der Waals surface area contributed by atoms with Gasteiger partial charge in [0.2, 0.25) is 0 Å². The predicted octanol–water partition coefficient (Wildman–Crippen LogP) is 3.37. The van der Waals surface area contributed by atoms with E-state index >= 15 is 0 Å². The lowest BCUT2D eigenvalue weighted by molar-refractivity contribution is 0.0341. The van der Waals surface area contributed by atoms with Gasteiger partial charge in [-0.25, -0.2) is 12.8 Å². The van der Waals surface area contributed by atoms with Gasteiger partial charge in [0, 0.05) is 43.6 Å². The zero-order chi connectivity index (χ0) is 28.2. The van der Waals surface area contributed by atoms with Crippen molar-refractivity contribution in [1.29, 1.82) is 0 Å². The molecular weight excluding hydrogens is 523 g/mol. The number of aliphatic hydroxyl groups is 1. The monoisotopic (exact) mass is 556 g/mol. The molecule has 0 aliphatic carbocycles. The van der Waals surface area contributed by atoms with E-state index in [9.17, 15) is 22.7 Å². The number of carbonyl (C=O) groups excluding carboxylic acids is 1. The highest BCUT2D eigenvalue weighted by Gasteiger charge is 2.33. The fourth-order valence-corrected chi connectivity index (χ4v) is 5.55. The van der Waals surface area contributed by atoms with E-state index in [1.54, 1.807) is 30.3 Å². The number of likely N-dealkylation sites (N-methyl/N-ethyl adjacent to an activating group) is 1. The van der Waals surface area contributed by atoms with Crippen LogP contribution in [-0.4, -0.2) is 73.1 Å². The number of hydrogen-bond acceptors (Lipinski definition) is 7. The van der Waals surface area contributed by atoms with Gasteiger partial charge in [-0.05, 0) is 74.1 Å². The molecule has 4 rings (SSSR count). The first-order valence-corrected chi connectivity index (χ1v) is 14.1. The largest absolute Gasteiger partial charge is 0.488 e. The Kier molecular flexibility index (Phi) is 8.83. The summed E-state index contributed by atoms with van der Waals surface area (Å²) in [7, 11) is -2.03. The van der Waals surface area contributed by atoms with Gasteiger partial charge in [-0.1, -0.05) is 6.92 Å². The summed E-state index contributed by atoms with van der Waals surface area (Å²) in [6.07, 6.45) is 3.20. The Bertz CT molecular complexity index is 1390. The number of benzene rings is 2. The van der Waals surface area contributed by atoms with Crippen molar-refractivity contribution in [2.24, 2.45) is 5.92 Å². The van der Waals surface area contributed by atoms with Gasteiger partial charge in [0.1, 0.15) is 17.7 Å². The second kappa shape index (κ2) is 12.1. The number of pyridine rings is 1. The van der Waals surface area contributed by atoms with Crippen LogP contribution in [0.2, 0.25) is 0 Å². The third-order valence-electron chi connectivity index (χ3n) is 6.73. The average Bonchev–Trinajstić information content (AvgIpc) is 2.91. The Labute approximate surface area is 228 Å². The van der Waals surface area contributed by atoms with E-state index in [0.29, 0.717) is 25.4 Å². The number of ether oxygens (including phenoxy) is 1. The number of halogens is 1.